The van der Waals surface area contributed by atoms with Gasteiger partial charge in [-0.1, -0.05) is 165 Å². The molecule has 0 aromatic heterocycles. The number of phosphoric acid groups is 1. The van der Waals surface area contributed by atoms with Gasteiger partial charge < -0.3 is 28.8 Å². The van der Waals surface area contributed by atoms with Gasteiger partial charge in [0.2, 0.25) is 5.91 Å². The number of nitrogens with one attached hydrogen (secondary N) is 1. The molecule has 0 spiro atoms. The van der Waals surface area contributed by atoms with E-state index < -0.39 is 26.6 Å². The summed E-state index contributed by atoms with van der Waals surface area (Å²) in [4.78, 5) is 25.3. The second kappa shape index (κ2) is 38.0. The van der Waals surface area contributed by atoms with Gasteiger partial charge in [-0.2, -0.15) is 0 Å². The van der Waals surface area contributed by atoms with Crippen LogP contribution in [0.1, 0.15) is 187 Å². The first-order chi connectivity index (χ1) is 26.5. The Labute approximate surface area is 339 Å². The summed E-state index contributed by atoms with van der Waals surface area (Å²) in [5.74, 6) is -0.215. The van der Waals surface area contributed by atoms with E-state index in [1.807, 2.05) is 27.2 Å². The van der Waals surface area contributed by atoms with E-state index in [0.29, 0.717) is 17.4 Å². The van der Waals surface area contributed by atoms with Crippen LogP contribution in [0.4, 0.5) is 0 Å². The summed E-state index contributed by atoms with van der Waals surface area (Å²) in [5.41, 5.74) is 0. The fraction of sp³-hybridized carbons (Fsp3) is 0.804. The number of aliphatic hydroxyl groups is 1. The van der Waals surface area contributed by atoms with Crippen LogP contribution in [-0.2, 0) is 18.4 Å². The van der Waals surface area contributed by atoms with Crippen molar-refractivity contribution >= 4 is 13.7 Å². The topological polar surface area (TPSA) is 108 Å². The molecule has 0 heterocycles. The van der Waals surface area contributed by atoms with Gasteiger partial charge in [-0.05, 0) is 64.2 Å². The summed E-state index contributed by atoms with van der Waals surface area (Å²) in [7, 11) is 1.23. The second-order valence-corrected chi connectivity index (χ2v) is 17.8. The summed E-state index contributed by atoms with van der Waals surface area (Å²) < 4.78 is 23.1. The Hall–Kier alpha value is -1.54. The molecular formula is C46H87N2O6P. The molecule has 0 bridgehead atoms. The van der Waals surface area contributed by atoms with Crippen LogP contribution >= 0.6 is 7.82 Å². The minimum absolute atomic E-state index is 0.00855. The predicted octanol–water partition coefficient (Wildman–Crippen LogP) is 11.8. The molecule has 0 aliphatic rings. The summed E-state index contributed by atoms with van der Waals surface area (Å²) >= 11 is 0. The van der Waals surface area contributed by atoms with Crippen molar-refractivity contribution in [2.24, 2.45) is 0 Å². The number of amides is 1. The first-order valence-corrected chi connectivity index (χ1v) is 24.0. The quantitative estimate of drug-likeness (QED) is 0.0277. The van der Waals surface area contributed by atoms with Crippen molar-refractivity contribution < 1.29 is 32.9 Å². The fourth-order valence-corrected chi connectivity index (χ4v) is 6.86. The molecule has 2 N–H and O–H groups in total. The Balaban J connectivity index is 4.38. The molecule has 3 atom stereocenters. The number of carbonyl (C=O) groups is 1. The fourth-order valence-electron chi connectivity index (χ4n) is 6.14. The number of rotatable bonds is 40. The number of carbonyl (C=O) groups excluding carboxylic acids is 1. The maximum absolute atomic E-state index is 12.8. The molecule has 0 radical (unpaired) electrons. The average molecular weight is 795 g/mol. The van der Waals surface area contributed by atoms with Crippen molar-refractivity contribution in [3.63, 3.8) is 0 Å². The van der Waals surface area contributed by atoms with E-state index in [4.69, 9.17) is 9.05 Å². The van der Waals surface area contributed by atoms with Gasteiger partial charge in [0.15, 0.2) is 0 Å². The van der Waals surface area contributed by atoms with Crippen molar-refractivity contribution in [3.8, 4) is 0 Å². The highest BCUT2D eigenvalue weighted by Crippen LogP contribution is 2.38. The molecule has 3 unspecified atom stereocenters. The van der Waals surface area contributed by atoms with E-state index in [-0.39, 0.29) is 12.5 Å². The highest BCUT2D eigenvalue weighted by atomic mass is 31.2. The van der Waals surface area contributed by atoms with Crippen LogP contribution < -0.4 is 10.2 Å². The molecule has 0 aromatic carbocycles. The Morgan fingerprint density at radius 1 is 0.636 bits per heavy atom. The highest BCUT2D eigenvalue weighted by Gasteiger charge is 2.23. The van der Waals surface area contributed by atoms with Crippen LogP contribution in [-0.4, -0.2) is 68.5 Å². The van der Waals surface area contributed by atoms with Crippen molar-refractivity contribution in [2.45, 2.75) is 199 Å². The number of unbranched alkanes of at least 4 members (excludes halogenated alkanes) is 21. The van der Waals surface area contributed by atoms with Gasteiger partial charge in [-0.15, -0.1) is 0 Å². The van der Waals surface area contributed by atoms with Crippen molar-refractivity contribution in [1.29, 1.82) is 0 Å². The lowest BCUT2D eigenvalue weighted by Crippen LogP contribution is -2.45. The molecule has 9 heteroatoms. The van der Waals surface area contributed by atoms with Crippen LogP contribution in [0, 0.1) is 0 Å². The van der Waals surface area contributed by atoms with E-state index in [1.54, 1.807) is 6.08 Å². The van der Waals surface area contributed by atoms with Crippen molar-refractivity contribution in [1.82, 2.24) is 5.32 Å². The van der Waals surface area contributed by atoms with Crippen molar-refractivity contribution in [3.05, 3.63) is 48.6 Å². The third-order valence-electron chi connectivity index (χ3n) is 9.76. The molecule has 0 aromatic rings. The zero-order valence-electron chi connectivity index (χ0n) is 36.4. The third kappa shape index (κ3) is 40.5. The normalized spacial score (nSPS) is 14.8. The van der Waals surface area contributed by atoms with Crippen LogP contribution in [0.15, 0.2) is 48.6 Å². The number of quaternary nitrogens is 1. The number of likely N-dealkylation sites (N-methyl/N-ethyl adjacent to an activating group) is 1. The standard InChI is InChI=1S/C46H87N2O6P/c1-6-8-10-12-14-16-18-20-21-22-23-24-25-26-27-28-30-32-34-36-38-40-46(50)47-44(43-54-55(51,52)53-42-41-48(3,4)5)45(49)39-37-35-33-31-29-19-17-15-13-11-9-7-2/h18,20,22-23,29,31,37,39,44-45,49H,6-17,19,21,24-28,30,32-36,38,40-43H2,1-5H3,(H-,47,50,51,52)/b20-18-,23-22-,31-29+,39-37+. The Morgan fingerprint density at radius 3 is 1.58 bits per heavy atom. The Morgan fingerprint density at radius 2 is 1.07 bits per heavy atom. The summed E-state index contributed by atoms with van der Waals surface area (Å²) in [6.07, 6.45) is 47.3. The molecule has 0 saturated heterocycles. The minimum Gasteiger partial charge on any atom is -0.756 e. The third-order valence-corrected chi connectivity index (χ3v) is 10.7. The molecule has 8 nitrogen and oxygen atoms in total. The molecule has 322 valence electrons. The first kappa shape index (κ1) is 53.5. The summed E-state index contributed by atoms with van der Waals surface area (Å²) in [6.45, 7) is 4.58. The number of phosphoric ester groups is 1. The van der Waals surface area contributed by atoms with Crippen LogP contribution in [0.5, 0.6) is 0 Å². The SMILES string of the molecule is CCCCCCC/C=C\C/C=C\CCCCCCCCCCCC(=O)NC(COP(=O)([O-])OCC[N+](C)(C)C)C(O)/C=C/CC/C=C/CCCCCCCC. The van der Waals surface area contributed by atoms with Gasteiger partial charge in [0.05, 0.1) is 39.9 Å². The highest BCUT2D eigenvalue weighted by molar-refractivity contribution is 7.45. The number of aliphatic hydroxyl groups excluding tert-OH is 1. The molecule has 0 aliphatic carbocycles. The lowest BCUT2D eigenvalue weighted by molar-refractivity contribution is -0.870. The largest absolute Gasteiger partial charge is 0.756 e. The Bertz CT molecular complexity index is 1040. The predicted molar refractivity (Wildman–Crippen MR) is 233 cm³/mol. The average Bonchev–Trinajstić information content (AvgIpc) is 3.13. The van der Waals surface area contributed by atoms with E-state index in [1.165, 1.54) is 122 Å². The smallest absolute Gasteiger partial charge is 0.268 e. The molecule has 0 aliphatic heterocycles. The zero-order valence-corrected chi connectivity index (χ0v) is 37.3. The molecular weight excluding hydrogens is 707 g/mol. The molecule has 0 rings (SSSR count). The maximum atomic E-state index is 12.8. The molecule has 0 saturated carbocycles. The van der Waals surface area contributed by atoms with Gasteiger partial charge >= 0.3 is 0 Å². The van der Waals surface area contributed by atoms with Gasteiger partial charge in [0.1, 0.15) is 13.2 Å². The van der Waals surface area contributed by atoms with Crippen LogP contribution in [0.2, 0.25) is 0 Å². The van der Waals surface area contributed by atoms with E-state index in [2.05, 4.69) is 55.6 Å². The van der Waals surface area contributed by atoms with E-state index in [9.17, 15) is 19.4 Å². The molecule has 55 heavy (non-hydrogen) atoms. The Kier molecular flexibility index (Phi) is 36.9. The van der Waals surface area contributed by atoms with Crippen molar-refractivity contribution in [2.75, 3.05) is 40.9 Å². The van der Waals surface area contributed by atoms with Crippen LogP contribution in [0.3, 0.4) is 0 Å². The summed E-state index contributed by atoms with van der Waals surface area (Å²) in [6, 6.07) is -0.904. The van der Waals surface area contributed by atoms with Gasteiger partial charge in [0.25, 0.3) is 7.82 Å². The molecule has 1 amide bonds. The second-order valence-electron chi connectivity index (χ2n) is 16.4. The van der Waals surface area contributed by atoms with Gasteiger partial charge in [-0.25, -0.2) is 0 Å². The van der Waals surface area contributed by atoms with Crippen LogP contribution in [0.25, 0.3) is 0 Å². The zero-order chi connectivity index (χ0) is 40.7. The molecule has 0 fully saturated rings. The number of nitrogens with zero attached hydrogens (tertiary/aromatic N) is 1. The monoisotopic (exact) mass is 795 g/mol. The summed E-state index contributed by atoms with van der Waals surface area (Å²) in [5, 5.41) is 13.7. The van der Waals surface area contributed by atoms with E-state index >= 15 is 0 Å². The van der Waals surface area contributed by atoms with E-state index in [0.717, 1.165) is 44.9 Å². The van der Waals surface area contributed by atoms with Gasteiger partial charge in [0, 0.05) is 6.42 Å². The number of hydrogen-bond acceptors (Lipinski definition) is 6. The maximum Gasteiger partial charge on any atom is 0.268 e. The number of allylic oxidation sites excluding steroid dienone is 7. The lowest BCUT2D eigenvalue weighted by atomic mass is 10.1. The first-order valence-electron chi connectivity index (χ1n) is 22.5. The minimum atomic E-state index is -4.59. The van der Waals surface area contributed by atoms with Gasteiger partial charge in [-0.3, -0.25) is 9.36 Å². The lowest BCUT2D eigenvalue weighted by Gasteiger charge is -2.29. The number of hydrogen-bond donors (Lipinski definition) is 2.